The van der Waals surface area contributed by atoms with Gasteiger partial charge in [0.25, 0.3) is 0 Å². The number of hydrogen-bond donors (Lipinski definition) is 1. The number of fused-ring (bicyclic) bond motifs is 1. The van der Waals surface area contributed by atoms with Gasteiger partial charge in [0, 0.05) is 11.1 Å². The highest BCUT2D eigenvalue weighted by molar-refractivity contribution is 5.87. The number of aromatic nitrogens is 3. The number of nitrogens with one attached hydrogen (secondary N) is 1. The standard InChI is InChI=1S/C15H11F3N4O/c1-19-12-10-7-8-11(15(16,17)18)20-13(10)22(14(23)21-12)9-5-3-2-4-6-9/h2-8H,1H3,(H,19,21,23)/i1D3. The first-order valence-electron chi connectivity index (χ1n) is 7.91. The Labute approximate surface area is 132 Å². The first-order valence-corrected chi connectivity index (χ1v) is 6.41. The highest BCUT2D eigenvalue weighted by Crippen LogP contribution is 2.30. The van der Waals surface area contributed by atoms with Gasteiger partial charge in [0.1, 0.15) is 11.5 Å². The number of pyridine rings is 1. The Bertz CT molecular complexity index is 1020. The molecule has 5 nitrogen and oxygen atoms in total. The van der Waals surface area contributed by atoms with Crippen LogP contribution in [0.1, 0.15) is 9.81 Å². The summed E-state index contributed by atoms with van der Waals surface area (Å²) in [7, 11) is 0. The lowest BCUT2D eigenvalue weighted by molar-refractivity contribution is -0.141. The Morgan fingerprint density at radius 2 is 1.87 bits per heavy atom. The van der Waals surface area contributed by atoms with Crippen molar-refractivity contribution in [2.75, 3.05) is 12.3 Å². The van der Waals surface area contributed by atoms with E-state index in [-0.39, 0.29) is 22.5 Å². The largest absolute Gasteiger partial charge is 0.433 e. The predicted octanol–water partition coefficient (Wildman–Crippen LogP) is 2.84. The minimum Gasteiger partial charge on any atom is -0.372 e. The van der Waals surface area contributed by atoms with Crippen LogP contribution < -0.4 is 11.0 Å². The lowest BCUT2D eigenvalue weighted by Gasteiger charge is -2.13. The van der Waals surface area contributed by atoms with E-state index < -0.39 is 24.5 Å². The van der Waals surface area contributed by atoms with Gasteiger partial charge in [-0.3, -0.25) is 0 Å². The molecule has 0 saturated carbocycles. The molecule has 0 spiro atoms. The van der Waals surface area contributed by atoms with E-state index in [0.29, 0.717) is 6.07 Å². The third-order valence-corrected chi connectivity index (χ3v) is 3.16. The number of anilines is 1. The normalized spacial score (nSPS) is 14.1. The molecular weight excluding hydrogens is 309 g/mol. The van der Waals surface area contributed by atoms with Crippen molar-refractivity contribution in [2.45, 2.75) is 6.18 Å². The van der Waals surface area contributed by atoms with Crippen molar-refractivity contribution < 1.29 is 17.3 Å². The Hall–Kier alpha value is -2.90. The summed E-state index contributed by atoms with van der Waals surface area (Å²) in [5, 5.41) is 2.03. The lowest BCUT2D eigenvalue weighted by Crippen LogP contribution is -2.24. The van der Waals surface area contributed by atoms with E-state index >= 15 is 0 Å². The van der Waals surface area contributed by atoms with Crippen LogP contribution in [0.15, 0.2) is 47.3 Å². The molecule has 1 aromatic carbocycles. The second kappa shape index (κ2) is 5.38. The van der Waals surface area contributed by atoms with E-state index in [9.17, 15) is 18.0 Å². The highest BCUT2D eigenvalue weighted by atomic mass is 19.4. The quantitative estimate of drug-likeness (QED) is 0.788. The molecule has 2 aromatic heterocycles. The Morgan fingerprint density at radius 3 is 2.52 bits per heavy atom. The number of nitrogens with zero attached hydrogens (tertiary/aromatic N) is 3. The van der Waals surface area contributed by atoms with E-state index in [1.807, 2.05) is 0 Å². The van der Waals surface area contributed by atoms with Gasteiger partial charge >= 0.3 is 11.9 Å². The lowest BCUT2D eigenvalue weighted by atomic mass is 10.2. The van der Waals surface area contributed by atoms with Crippen LogP contribution in [0.5, 0.6) is 0 Å². The first kappa shape index (κ1) is 11.6. The molecule has 0 aliphatic rings. The summed E-state index contributed by atoms with van der Waals surface area (Å²) in [6, 6.07) is 9.59. The van der Waals surface area contributed by atoms with Gasteiger partial charge in [-0.25, -0.2) is 14.3 Å². The number of rotatable bonds is 2. The molecule has 3 rings (SSSR count). The van der Waals surface area contributed by atoms with Crippen molar-refractivity contribution in [2.24, 2.45) is 0 Å². The summed E-state index contributed by atoms with van der Waals surface area (Å²) in [5.74, 6) is -0.363. The molecule has 0 saturated heterocycles. The van der Waals surface area contributed by atoms with Crippen molar-refractivity contribution in [1.29, 1.82) is 0 Å². The first-order chi connectivity index (χ1) is 12.1. The Balaban J connectivity index is 2.38. The molecule has 0 amide bonds. The number of alkyl halides is 3. The molecule has 23 heavy (non-hydrogen) atoms. The van der Waals surface area contributed by atoms with Gasteiger partial charge in [0.05, 0.1) is 11.1 Å². The third-order valence-electron chi connectivity index (χ3n) is 3.16. The molecule has 0 bridgehead atoms. The molecule has 118 valence electrons. The van der Waals surface area contributed by atoms with Crippen LogP contribution in [-0.2, 0) is 6.18 Å². The van der Waals surface area contributed by atoms with Crippen molar-refractivity contribution in [3.63, 3.8) is 0 Å². The zero-order valence-electron chi connectivity index (χ0n) is 14.4. The van der Waals surface area contributed by atoms with Crippen LogP contribution in [0.2, 0.25) is 0 Å². The second-order valence-corrected chi connectivity index (χ2v) is 4.60. The summed E-state index contributed by atoms with van der Waals surface area (Å²) in [6.07, 6.45) is -4.73. The van der Waals surface area contributed by atoms with Gasteiger partial charge in [-0.15, -0.1) is 0 Å². The molecule has 8 heteroatoms. The average Bonchev–Trinajstić information content (AvgIpc) is 2.53. The van der Waals surface area contributed by atoms with E-state index in [1.165, 1.54) is 12.1 Å². The van der Waals surface area contributed by atoms with Gasteiger partial charge in [0.2, 0.25) is 0 Å². The van der Waals surface area contributed by atoms with E-state index in [4.69, 9.17) is 4.11 Å². The van der Waals surface area contributed by atoms with E-state index in [1.54, 1.807) is 18.2 Å². The molecular formula is C15H11F3N4O. The van der Waals surface area contributed by atoms with Crippen molar-refractivity contribution >= 4 is 16.9 Å². The fourth-order valence-electron chi connectivity index (χ4n) is 2.16. The maximum absolute atomic E-state index is 13.1. The van der Waals surface area contributed by atoms with Gasteiger partial charge in [0.15, 0.2) is 5.65 Å². The van der Waals surface area contributed by atoms with E-state index in [2.05, 4.69) is 15.3 Å². The summed E-state index contributed by atoms with van der Waals surface area (Å²) in [6.45, 7) is -2.69. The monoisotopic (exact) mass is 323 g/mol. The summed E-state index contributed by atoms with van der Waals surface area (Å²) in [5.41, 5.74) is -2.26. The molecule has 0 fully saturated rings. The van der Waals surface area contributed by atoms with Gasteiger partial charge in [-0.1, -0.05) is 18.2 Å². The molecule has 2 heterocycles. The maximum atomic E-state index is 13.1. The smallest absolute Gasteiger partial charge is 0.372 e. The molecule has 0 unspecified atom stereocenters. The van der Waals surface area contributed by atoms with E-state index in [0.717, 1.165) is 10.6 Å². The minimum atomic E-state index is -4.73. The van der Waals surface area contributed by atoms with Crippen LogP contribution >= 0.6 is 0 Å². The number of hydrogen-bond acceptors (Lipinski definition) is 4. The van der Waals surface area contributed by atoms with Crippen LogP contribution in [0.25, 0.3) is 16.7 Å². The molecule has 1 N–H and O–H groups in total. The van der Waals surface area contributed by atoms with Gasteiger partial charge in [-0.05, 0) is 24.3 Å². The number of para-hydroxylation sites is 1. The fourth-order valence-corrected chi connectivity index (χ4v) is 2.16. The van der Waals surface area contributed by atoms with Crippen molar-refractivity contribution in [3.8, 4) is 5.69 Å². The highest BCUT2D eigenvalue weighted by Gasteiger charge is 2.33. The van der Waals surface area contributed by atoms with Crippen LogP contribution in [0, 0.1) is 0 Å². The summed E-state index contributed by atoms with van der Waals surface area (Å²) >= 11 is 0. The van der Waals surface area contributed by atoms with Crippen LogP contribution in [0.3, 0.4) is 0 Å². The number of benzene rings is 1. The van der Waals surface area contributed by atoms with Gasteiger partial charge < -0.3 is 5.32 Å². The van der Waals surface area contributed by atoms with Crippen LogP contribution in [-0.4, -0.2) is 21.5 Å². The molecule has 0 aliphatic heterocycles. The minimum absolute atomic E-state index is 0.0300. The Kier molecular flexibility index (Phi) is 2.72. The maximum Gasteiger partial charge on any atom is 0.433 e. The zero-order valence-corrected chi connectivity index (χ0v) is 11.4. The molecule has 0 radical (unpaired) electrons. The summed E-state index contributed by atoms with van der Waals surface area (Å²) < 4.78 is 61.8. The molecule has 0 aliphatic carbocycles. The zero-order chi connectivity index (χ0) is 19.1. The van der Waals surface area contributed by atoms with Crippen LogP contribution in [0.4, 0.5) is 19.0 Å². The Morgan fingerprint density at radius 1 is 1.13 bits per heavy atom. The average molecular weight is 323 g/mol. The van der Waals surface area contributed by atoms with Crippen molar-refractivity contribution in [3.05, 3.63) is 58.6 Å². The summed E-state index contributed by atoms with van der Waals surface area (Å²) in [4.78, 5) is 19.6. The van der Waals surface area contributed by atoms with Crippen molar-refractivity contribution in [1.82, 2.24) is 14.5 Å². The third kappa shape index (κ3) is 2.63. The topological polar surface area (TPSA) is 59.8 Å². The second-order valence-electron chi connectivity index (χ2n) is 4.60. The fraction of sp³-hybridized carbons (Fsp3) is 0.133. The predicted molar refractivity (Wildman–Crippen MR) is 79.7 cm³/mol. The van der Waals surface area contributed by atoms with Gasteiger partial charge in [-0.2, -0.15) is 18.2 Å². The molecule has 0 atom stereocenters. The number of halogens is 3. The molecule has 3 aromatic rings. The SMILES string of the molecule is [2H]C([2H])([2H])Nc1nc(=O)n(-c2ccccc2)c2nc(C(F)(F)F)ccc12.